The van der Waals surface area contributed by atoms with Crippen molar-refractivity contribution >= 4 is 17.0 Å². The molecule has 4 heteroatoms. The van der Waals surface area contributed by atoms with Crippen molar-refractivity contribution in [2.75, 3.05) is 19.0 Å². The van der Waals surface area contributed by atoms with Gasteiger partial charge in [0.1, 0.15) is 0 Å². The maximum Gasteiger partial charge on any atom is 0.167 e. The van der Waals surface area contributed by atoms with Crippen LogP contribution in [0, 0.1) is 5.82 Å². The Labute approximate surface area is 104 Å². The SMILES string of the molecule is COc1ccc(NCCc2cccs2)cc1F. The summed E-state index contributed by atoms with van der Waals surface area (Å²) in [5.41, 5.74) is 0.778. The molecule has 0 unspecified atom stereocenters. The van der Waals surface area contributed by atoms with Crippen LogP contribution in [0.25, 0.3) is 0 Å². The molecule has 0 saturated heterocycles. The Hall–Kier alpha value is -1.55. The molecule has 90 valence electrons. The zero-order valence-electron chi connectivity index (χ0n) is 9.57. The van der Waals surface area contributed by atoms with Crippen molar-refractivity contribution in [3.8, 4) is 5.75 Å². The molecule has 1 heterocycles. The normalized spacial score (nSPS) is 10.2. The number of hydrogen-bond donors (Lipinski definition) is 1. The summed E-state index contributed by atoms with van der Waals surface area (Å²) in [6.45, 7) is 0.798. The number of thiophene rings is 1. The summed E-state index contributed by atoms with van der Waals surface area (Å²) in [7, 11) is 1.46. The van der Waals surface area contributed by atoms with Crippen LogP contribution >= 0.6 is 11.3 Å². The van der Waals surface area contributed by atoms with E-state index in [0.29, 0.717) is 0 Å². The van der Waals surface area contributed by atoms with Crippen molar-refractivity contribution in [1.29, 1.82) is 0 Å². The van der Waals surface area contributed by atoms with Gasteiger partial charge in [-0.3, -0.25) is 0 Å². The van der Waals surface area contributed by atoms with Gasteiger partial charge in [-0.05, 0) is 30.0 Å². The molecule has 0 aliphatic rings. The summed E-state index contributed by atoms with van der Waals surface area (Å²) < 4.78 is 18.3. The Kier molecular flexibility index (Phi) is 3.98. The topological polar surface area (TPSA) is 21.3 Å². The zero-order chi connectivity index (χ0) is 12.1. The van der Waals surface area contributed by atoms with Gasteiger partial charge in [0.2, 0.25) is 0 Å². The van der Waals surface area contributed by atoms with Gasteiger partial charge in [-0.15, -0.1) is 11.3 Å². The smallest absolute Gasteiger partial charge is 0.167 e. The minimum Gasteiger partial charge on any atom is -0.494 e. The van der Waals surface area contributed by atoms with Crippen LogP contribution < -0.4 is 10.1 Å². The molecule has 2 nitrogen and oxygen atoms in total. The molecule has 0 saturated carbocycles. The van der Waals surface area contributed by atoms with Crippen molar-refractivity contribution < 1.29 is 9.13 Å². The van der Waals surface area contributed by atoms with Crippen molar-refractivity contribution in [2.45, 2.75) is 6.42 Å². The van der Waals surface area contributed by atoms with E-state index < -0.39 is 0 Å². The first-order valence-electron chi connectivity index (χ1n) is 5.39. The van der Waals surface area contributed by atoms with Crippen LogP contribution in [0.1, 0.15) is 4.88 Å². The maximum atomic E-state index is 13.4. The summed E-state index contributed by atoms with van der Waals surface area (Å²) >= 11 is 1.73. The Bertz CT molecular complexity index is 470. The predicted molar refractivity (Wildman–Crippen MR) is 69.5 cm³/mol. The standard InChI is InChI=1S/C13H14FNOS/c1-16-13-5-4-10(9-12(13)14)15-7-6-11-3-2-8-17-11/h2-5,8-9,15H,6-7H2,1H3. The van der Waals surface area contributed by atoms with E-state index in [1.165, 1.54) is 18.1 Å². The highest BCUT2D eigenvalue weighted by atomic mass is 32.1. The third kappa shape index (κ3) is 3.20. The highest BCUT2D eigenvalue weighted by molar-refractivity contribution is 7.09. The predicted octanol–water partition coefficient (Wildman–Crippen LogP) is 3.55. The van der Waals surface area contributed by atoms with Crippen LogP contribution in [-0.4, -0.2) is 13.7 Å². The van der Waals surface area contributed by atoms with Crippen LogP contribution in [0.3, 0.4) is 0 Å². The molecule has 0 atom stereocenters. The van der Waals surface area contributed by atoms with Crippen molar-refractivity contribution in [2.24, 2.45) is 0 Å². The molecule has 0 aliphatic carbocycles. The quantitative estimate of drug-likeness (QED) is 0.877. The molecule has 1 N–H and O–H groups in total. The number of benzene rings is 1. The van der Waals surface area contributed by atoms with Gasteiger partial charge in [-0.2, -0.15) is 0 Å². The Morgan fingerprint density at radius 2 is 2.24 bits per heavy atom. The fourth-order valence-electron chi connectivity index (χ4n) is 1.56. The van der Waals surface area contributed by atoms with Gasteiger partial charge in [0.15, 0.2) is 11.6 Å². The summed E-state index contributed by atoms with van der Waals surface area (Å²) in [5, 5.41) is 5.24. The largest absolute Gasteiger partial charge is 0.494 e. The van der Waals surface area contributed by atoms with E-state index in [4.69, 9.17) is 4.74 Å². The lowest BCUT2D eigenvalue weighted by atomic mass is 10.2. The summed E-state index contributed by atoms with van der Waals surface area (Å²) in [6, 6.07) is 9.03. The van der Waals surface area contributed by atoms with Gasteiger partial charge in [-0.25, -0.2) is 4.39 Å². The van der Waals surface area contributed by atoms with E-state index in [1.807, 2.05) is 12.1 Å². The van der Waals surface area contributed by atoms with E-state index in [2.05, 4.69) is 16.8 Å². The molecule has 0 amide bonds. The van der Waals surface area contributed by atoms with E-state index in [-0.39, 0.29) is 11.6 Å². The lowest BCUT2D eigenvalue weighted by Crippen LogP contribution is -2.04. The van der Waals surface area contributed by atoms with Crippen LogP contribution in [0.15, 0.2) is 35.7 Å². The molecular weight excluding hydrogens is 237 g/mol. The molecule has 2 aromatic rings. The first-order valence-corrected chi connectivity index (χ1v) is 6.27. The van der Waals surface area contributed by atoms with E-state index in [0.717, 1.165) is 18.7 Å². The minimum absolute atomic E-state index is 0.272. The highest BCUT2D eigenvalue weighted by Crippen LogP contribution is 2.20. The summed E-state index contributed by atoms with van der Waals surface area (Å²) in [6.07, 6.45) is 0.950. The second kappa shape index (κ2) is 5.68. The minimum atomic E-state index is -0.339. The van der Waals surface area contributed by atoms with Gasteiger partial charge in [-0.1, -0.05) is 6.07 Å². The lowest BCUT2D eigenvalue weighted by Gasteiger charge is -2.07. The van der Waals surface area contributed by atoms with Crippen LogP contribution in [0.5, 0.6) is 5.75 Å². The second-order valence-corrected chi connectivity index (χ2v) is 4.64. The number of methoxy groups -OCH3 is 1. The van der Waals surface area contributed by atoms with Gasteiger partial charge < -0.3 is 10.1 Å². The lowest BCUT2D eigenvalue weighted by molar-refractivity contribution is 0.386. The molecule has 0 radical (unpaired) electrons. The molecule has 2 rings (SSSR count). The first-order chi connectivity index (χ1) is 8.29. The van der Waals surface area contributed by atoms with Gasteiger partial charge >= 0.3 is 0 Å². The van der Waals surface area contributed by atoms with Crippen LogP contribution in [0.2, 0.25) is 0 Å². The summed E-state index contributed by atoms with van der Waals surface area (Å²) in [5.74, 6) is -0.0672. The Morgan fingerprint density at radius 1 is 1.35 bits per heavy atom. The zero-order valence-corrected chi connectivity index (χ0v) is 10.4. The summed E-state index contributed by atoms with van der Waals surface area (Å²) in [4.78, 5) is 1.33. The first kappa shape index (κ1) is 11.9. The molecule has 1 aromatic carbocycles. The Balaban J connectivity index is 1.89. The molecule has 0 bridgehead atoms. The van der Waals surface area contributed by atoms with Gasteiger partial charge in [0.25, 0.3) is 0 Å². The van der Waals surface area contributed by atoms with Crippen molar-refractivity contribution in [3.63, 3.8) is 0 Å². The molecule has 0 aliphatic heterocycles. The molecule has 0 fully saturated rings. The van der Waals surface area contributed by atoms with E-state index in [1.54, 1.807) is 17.4 Å². The second-order valence-electron chi connectivity index (χ2n) is 3.61. The fraction of sp³-hybridized carbons (Fsp3) is 0.231. The third-order valence-electron chi connectivity index (χ3n) is 2.43. The maximum absolute atomic E-state index is 13.4. The van der Waals surface area contributed by atoms with Crippen LogP contribution in [-0.2, 0) is 6.42 Å². The molecular formula is C13H14FNOS. The van der Waals surface area contributed by atoms with E-state index >= 15 is 0 Å². The molecule has 17 heavy (non-hydrogen) atoms. The Morgan fingerprint density at radius 3 is 2.88 bits per heavy atom. The highest BCUT2D eigenvalue weighted by Gasteiger charge is 2.02. The number of nitrogens with one attached hydrogen (secondary N) is 1. The average Bonchev–Trinajstić information content (AvgIpc) is 2.82. The van der Waals surface area contributed by atoms with E-state index in [9.17, 15) is 4.39 Å². The molecule has 0 spiro atoms. The number of halogens is 1. The number of hydrogen-bond acceptors (Lipinski definition) is 3. The number of rotatable bonds is 5. The number of anilines is 1. The van der Waals surface area contributed by atoms with Crippen molar-refractivity contribution in [3.05, 3.63) is 46.4 Å². The van der Waals surface area contributed by atoms with Crippen molar-refractivity contribution in [1.82, 2.24) is 0 Å². The van der Waals surface area contributed by atoms with Gasteiger partial charge in [0, 0.05) is 23.2 Å². The molecule has 1 aromatic heterocycles. The third-order valence-corrected chi connectivity index (χ3v) is 3.37. The monoisotopic (exact) mass is 251 g/mol. The van der Waals surface area contributed by atoms with Gasteiger partial charge in [0.05, 0.1) is 7.11 Å². The average molecular weight is 251 g/mol. The fourth-order valence-corrected chi connectivity index (χ4v) is 2.27. The van der Waals surface area contributed by atoms with Crippen LogP contribution in [0.4, 0.5) is 10.1 Å². The number of ether oxygens (including phenoxy) is 1.